The molecule has 0 saturated heterocycles. The van der Waals surface area contributed by atoms with Gasteiger partial charge in [0.15, 0.2) is 0 Å². The van der Waals surface area contributed by atoms with Crippen molar-refractivity contribution in [3.05, 3.63) is 48.3 Å². The minimum Gasteiger partial charge on any atom is -0.480 e. The van der Waals surface area contributed by atoms with Crippen LogP contribution in [-0.4, -0.2) is 35.3 Å². The van der Waals surface area contributed by atoms with Gasteiger partial charge in [0.25, 0.3) is 0 Å². The van der Waals surface area contributed by atoms with Crippen molar-refractivity contribution in [3.8, 4) is 0 Å². The van der Waals surface area contributed by atoms with Gasteiger partial charge in [0.2, 0.25) is 10.0 Å². The van der Waals surface area contributed by atoms with E-state index in [1.165, 1.54) is 17.1 Å². The number of nitrogens with zero attached hydrogens (tertiary/aromatic N) is 2. The molecule has 0 amide bonds. The van der Waals surface area contributed by atoms with Crippen LogP contribution >= 0.6 is 0 Å². The Hall–Kier alpha value is -2.19. The molecule has 1 aromatic heterocycles. The average Bonchev–Trinajstić information content (AvgIpc) is 3.02. The van der Waals surface area contributed by atoms with Crippen molar-refractivity contribution in [2.45, 2.75) is 37.8 Å². The quantitative estimate of drug-likeness (QED) is 0.754. The largest absolute Gasteiger partial charge is 0.480 e. The van der Waals surface area contributed by atoms with Crippen LogP contribution in [0.3, 0.4) is 0 Å². The summed E-state index contributed by atoms with van der Waals surface area (Å²) in [5.74, 6) is -1.51. The van der Waals surface area contributed by atoms with Crippen LogP contribution < -0.4 is 4.72 Å². The molecule has 8 heteroatoms. The van der Waals surface area contributed by atoms with E-state index in [-0.39, 0.29) is 10.8 Å². The van der Waals surface area contributed by atoms with Gasteiger partial charge in [0.1, 0.15) is 10.9 Å². The molecule has 0 aliphatic rings. The Kier molecular flexibility index (Phi) is 5.74. The molecule has 0 radical (unpaired) electrons. The van der Waals surface area contributed by atoms with Crippen LogP contribution in [0, 0.1) is 5.92 Å². The van der Waals surface area contributed by atoms with Gasteiger partial charge in [-0.2, -0.15) is 9.82 Å². The number of aromatic nitrogens is 2. The van der Waals surface area contributed by atoms with Crippen LogP contribution in [0.25, 0.3) is 0 Å². The molecule has 2 N–H and O–H groups in total. The molecular formula is C16H21N3O4S. The van der Waals surface area contributed by atoms with E-state index in [1.807, 2.05) is 37.3 Å². The van der Waals surface area contributed by atoms with E-state index in [0.717, 1.165) is 5.56 Å². The van der Waals surface area contributed by atoms with E-state index in [0.29, 0.717) is 13.0 Å². The van der Waals surface area contributed by atoms with Gasteiger partial charge in [-0.15, -0.1) is 0 Å². The zero-order valence-corrected chi connectivity index (χ0v) is 14.4. The molecule has 1 heterocycles. The molecular weight excluding hydrogens is 330 g/mol. The summed E-state index contributed by atoms with van der Waals surface area (Å²) in [6, 6.07) is 8.34. The average molecular weight is 351 g/mol. The summed E-state index contributed by atoms with van der Waals surface area (Å²) < 4.78 is 28.6. The fraction of sp³-hybridized carbons (Fsp3) is 0.375. The Morgan fingerprint density at radius 2 is 2.00 bits per heavy atom. The molecule has 0 saturated carbocycles. The molecule has 0 bridgehead atoms. The normalized spacial score (nSPS) is 14.2. The zero-order chi connectivity index (χ0) is 17.7. The highest BCUT2D eigenvalue weighted by Crippen LogP contribution is 2.14. The number of benzene rings is 1. The SMILES string of the molecule is CC[C@H](C)[C@H](NS(=O)(=O)c1cnn(Cc2ccccc2)c1)C(=O)O. The molecule has 0 unspecified atom stereocenters. The molecule has 130 valence electrons. The van der Waals surface area contributed by atoms with Gasteiger partial charge in [-0.1, -0.05) is 50.6 Å². The summed E-state index contributed by atoms with van der Waals surface area (Å²) in [6.45, 7) is 3.94. The fourth-order valence-electron chi connectivity index (χ4n) is 2.22. The van der Waals surface area contributed by atoms with Crippen LogP contribution in [0.5, 0.6) is 0 Å². The van der Waals surface area contributed by atoms with E-state index >= 15 is 0 Å². The number of carbonyl (C=O) groups is 1. The minimum atomic E-state index is -3.95. The molecule has 2 rings (SSSR count). The summed E-state index contributed by atoms with van der Waals surface area (Å²) in [5.41, 5.74) is 0.987. The third-order valence-corrected chi connectivity index (χ3v) is 5.26. The lowest BCUT2D eigenvalue weighted by Gasteiger charge is -2.19. The molecule has 24 heavy (non-hydrogen) atoms. The lowest BCUT2D eigenvalue weighted by atomic mass is 10.0. The minimum absolute atomic E-state index is 0.0482. The molecule has 2 aromatic rings. The second-order valence-electron chi connectivity index (χ2n) is 5.68. The molecule has 0 aliphatic heterocycles. The smallest absolute Gasteiger partial charge is 0.322 e. The zero-order valence-electron chi connectivity index (χ0n) is 13.6. The molecule has 7 nitrogen and oxygen atoms in total. The van der Waals surface area contributed by atoms with Gasteiger partial charge in [0.05, 0.1) is 12.7 Å². The number of hydrogen-bond donors (Lipinski definition) is 2. The summed E-state index contributed by atoms with van der Waals surface area (Å²) in [4.78, 5) is 11.3. The predicted octanol–water partition coefficient (Wildman–Crippen LogP) is 1.71. The van der Waals surface area contributed by atoms with Crippen LogP contribution in [0.2, 0.25) is 0 Å². The van der Waals surface area contributed by atoms with Gasteiger partial charge in [-0.25, -0.2) is 8.42 Å². The first kappa shape index (κ1) is 18.2. The Balaban J connectivity index is 2.16. The molecule has 1 aromatic carbocycles. The van der Waals surface area contributed by atoms with Crippen LogP contribution in [0.15, 0.2) is 47.6 Å². The summed E-state index contributed by atoms with van der Waals surface area (Å²) >= 11 is 0. The van der Waals surface area contributed by atoms with Crippen LogP contribution in [-0.2, 0) is 21.4 Å². The fourth-order valence-corrected chi connectivity index (χ4v) is 3.47. The maximum absolute atomic E-state index is 12.4. The highest BCUT2D eigenvalue weighted by Gasteiger charge is 2.30. The third kappa shape index (κ3) is 4.42. The second-order valence-corrected chi connectivity index (χ2v) is 7.40. The van der Waals surface area contributed by atoms with E-state index in [2.05, 4.69) is 9.82 Å². The lowest BCUT2D eigenvalue weighted by Crippen LogP contribution is -2.44. The summed E-state index contributed by atoms with van der Waals surface area (Å²) in [7, 11) is -3.95. The highest BCUT2D eigenvalue weighted by molar-refractivity contribution is 7.89. The number of aliphatic carboxylic acids is 1. The molecule has 0 aliphatic carbocycles. The highest BCUT2D eigenvalue weighted by atomic mass is 32.2. The summed E-state index contributed by atoms with van der Waals surface area (Å²) in [5, 5.41) is 13.3. The Bertz CT molecular complexity index is 787. The number of hydrogen-bond acceptors (Lipinski definition) is 4. The molecule has 0 fully saturated rings. The van der Waals surface area contributed by atoms with Gasteiger partial charge in [-0.3, -0.25) is 9.48 Å². The first-order valence-corrected chi connectivity index (χ1v) is 9.13. The van der Waals surface area contributed by atoms with Crippen molar-refractivity contribution in [1.82, 2.24) is 14.5 Å². The van der Waals surface area contributed by atoms with Gasteiger partial charge in [0, 0.05) is 6.20 Å². The molecule has 2 atom stereocenters. The number of carboxylic acids is 1. The monoisotopic (exact) mass is 351 g/mol. The van der Waals surface area contributed by atoms with Gasteiger partial charge in [-0.05, 0) is 11.5 Å². The number of nitrogens with one attached hydrogen (secondary N) is 1. The Morgan fingerprint density at radius 3 is 2.58 bits per heavy atom. The first-order chi connectivity index (χ1) is 11.3. The second kappa shape index (κ2) is 7.59. The number of sulfonamides is 1. The first-order valence-electron chi connectivity index (χ1n) is 7.65. The Morgan fingerprint density at radius 1 is 1.33 bits per heavy atom. The summed E-state index contributed by atoms with van der Waals surface area (Å²) in [6.07, 6.45) is 3.17. The van der Waals surface area contributed by atoms with Gasteiger partial charge >= 0.3 is 5.97 Å². The van der Waals surface area contributed by atoms with Crippen LogP contribution in [0.4, 0.5) is 0 Å². The lowest BCUT2D eigenvalue weighted by molar-refractivity contribution is -0.140. The van der Waals surface area contributed by atoms with Crippen LogP contribution in [0.1, 0.15) is 25.8 Å². The molecule has 0 spiro atoms. The standard InChI is InChI=1S/C16H21N3O4S/c1-3-12(2)15(16(20)21)18-24(22,23)14-9-17-19(11-14)10-13-7-5-4-6-8-13/h4-9,11-12,15,18H,3,10H2,1-2H3,(H,20,21)/t12-,15-/m0/s1. The van der Waals surface area contributed by atoms with Crippen molar-refractivity contribution in [2.75, 3.05) is 0 Å². The van der Waals surface area contributed by atoms with Crippen molar-refractivity contribution in [1.29, 1.82) is 0 Å². The van der Waals surface area contributed by atoms with Gasteiger partial charge < -0.3 is 5.11 Å². The number of carboxylic acid groups (broad SMARTS) is 1. The maximum atomic E-state index is 12.4. The van der Waals surface area contributed by atoms with Crippen molar-refractivity contribution in [3.63, 3.8) is 0 Å². The van der Waals surface area contributed by atoms with E-state index < -0.39 is 22.0 Å². The van der Waals surface area contributed by atoms with E-state index in [1.54, 1.807) is 6.92 Å². The van der Waals surface area contributed by atoms with E-state index in [4.69, 9.17) is 0 Å². The predicted molar refractivity (Wildman–Crippen MR) is 89.0 cm³/mol. The maximum Gasteiger partial charge on any atom is 0.322 e. The van der Waals surface area contributed by atoms with Crippen molar-refractivity contribution in [2.24, 2.45) is 5.92 Å². The Labute approximate surface area is 141 Å². The topological polar surface area (TPSA) is 101 Å². The third-order valence-electron chi connectivity index (χ3n) is 3.87. The van der Waals surface area contributed by atoms with Crippen molar-refractivity contribution < 1.29 is 18.3 Å². The van der Waals surface area contributed by atoms with E-state index in [9.17, 15) is 18.3 Å². The number of rotatable bonds is 8. The van der Waals surface area contributed by atoms with Crippen molar-refractivity contribution >= 4 is 16.0 Å².